The maximum absolute atomic E-state index is 6.08. The summed E-state index contributed by atoms with van der Waals surface area (Å²) in [6, 6.07) is 19.5. The second kappa shape index (κ2) is 7.46. The lowest BCUT2D eigenvalue weighted by atomic mass is 9.94. The molecular weight excluding hydrogens is 270 g/mol. The number of nitrogens with zero attached hydrogens (tertiary/aromatic N) is 1. The van der Waals surface area contributed by atoms with Crippen molar-refractivity contribution in [3.8, 4) is 16.9 Å². The van der Waals surface area contributed by atoms with E-state index in [2.05, 4.69) is 48.3 Å². The van der Waals surface area contributed by atoms with Gasteiger partial charge in [0.15, 0.2) is 0 Å². The first kappa shape index (κ1) is 15.1. The van der Waals surface area contributed by atoms with Crippen molar-refractivity contribution in [1.29, 1.82) is 0 Å². The molecule has 0 aliphatic carbocycles. The minimum Gasteiger partial charge on any atom is -0.493 e. The number of hydrogen-bond acceptors (Lipinski definition) is 2. The Morgan fingerprint density at radius 2 is 1.91 bits per heavy atom. The lowest BCUT2D eigenvalue weighted by molar-refractivity contribution is 0.188. The number of benzene rings is 2. The molecule has 22 heavy (non-hydrogen) atoms. The quantitative estimate of drug-likeness (QED) is 0.817. The number of rotatable bonds is 5. The van der Waals surface area contributed by atoms with E-state index < -0.39 is 0 Å². The molecule has 0 aromatic heterocycles. The van der Waals surface area contributed by atoms with Crippen LogP contribution < -0.4 is 4.74 Å². The molecule has 3 rings (SSSR count). The summed E-state index contributed by atoms with van der Waals surface area (Å²) in [7, 11) is 2.21. The van der Waals surface area contributed by atoms with Crippen LogP contribution in [0, 0.1) is 12.0 Å². The minimum absolute atomic E-state index is 0.798. The van der Waals surface area contributed by atoms with Crippen LogP contribution in [0.3, 0.4) is 0 Å². The molecule has 2 nitrogen and oxygen atoms in total. The van der Waals surface area contributed by atoms with E-state index >= 15 is 0 Å². The molecule has 1 aliphatic heterocycles. The van der Waals surface area contributed by atoms with Crippen LogP contribution in [-0.4, -0.2) is 31.6 Å². The lowest BCUT2D eigenvalue weighted by Crippen LogP contribution is -2.30. The van der Waals surface area contributed by atoms with Crippen LogP contribution in [0.1, 0.15) is 19.3 Å². The van der Waals surface area contributed by atoms with Gasteiger partial charge < -0.3 is 9.64 Å². The highest BCUT2D eigenvalue weighted by Gasteiger charge is 2.16. The van der Waals surface area contributed by atoms with E-state index in [0.717, 1.165) is 30.3 Å². The Bertz CT molecular complexity index is 573. The molecule has 0 N–H and O–H groups in total. The molecule has 1 aliphatic rings. The standard InChI is InChI=1S/C20H24NO/c1-21-14-11-17(12-15-21)13-16-22-20-10-6-5-9-19(20)18-7-3-2-4-8-18/h2-5,7-10,17H,11-16H2,1H3. The Balaban J connectivity index is 1.59. The Labute approximate surface area is 133 Å². The van der Waals surface area contributed by atoms with Crippen molar-refractivity contribution < 1.29 is 4.74 Å². The van der Waals surface area contributed by atoms with Crippen molar-refractivity contribution in [3.63, 3.8) is 0 Å². The zero-order chi connectivity index (χ0) is 15.2. The Hall–Kier alpha value is -1.80. The lowest BCUT2D eigenvalue weighted by Gasteiger charge is -2.28. The molecule has 0 amide bonds. The molecule has 0 unspecified atom stereocenters. The van der Waals surface area contributed by atoms with Crippen molar-refractivity contribution in [2.45, 2.75) is 19.3 Å². The predicted molar refractivity (Wildman–Crippen MR) is 91.0 cm³/mol. The third kappa shape index (κ3) is 3.89. The van der Waals surface area contributed by atoms with Gasteiger partial charge in [-0.2, -0.15) is 0 Å². The van der Waals surface area contributed by atoms with Gasteiger partial charge in [0.1, 0.15) is 5.75 Å². The van der Waals surface area contributed by atoms with E-state index in [0.29, 0.717) is 0 Å². The average molecular weight is 294 g/mol. The first-order chi connectivity index (χ1) is 10.8. The fourth-order valence-corrected chi connectivity index (χ4v) is 3.08. The van der Waals surface area contributed by atoms with Crippen molar-refractivity contribution in [3.05, 3.63) is 54.6 Å². The zero-order valence-electron chi connectivity index (χ0n) is 13.3. The van der Waals surface area contributed by atoms with E-state index in [4.69, 9.17) is 4.74 Å². The summed E-state index contributed by atoms with van der Waals surface area (Å²) in [6.45, 7) is 3.24. The highest BCUT2D eigenvalue weighted by Crippen LogP contribution is 2.30. The van der Waals surface area contributed by atoms with Crippen LogP contribution in [0.15, 0.2) is 48.5 Å². The Kier molecular flexibility index (Phi) is 5.12. The molecule has 1 heterocycles. The first-order valence-corrected chi connectivity index (χ1v) is 8.20. The highest BCUT2D eigenvalue weighted by atomic mass is 16.5. The third-order valence-corrected chi connectivity index (χ3v) is 4.53. The van der Waals surface area contributed by atoms with E-state index in [9.17, 15) is 0 Å². The maximum Gasteiger partial charge on any atom is 0.127 e. The summed E-state index contributed by atoms with van der Waals surface area (Å²) in [5.41, 5.74) is 2.36. The SMILES string of the molecule is CN1CCC(CCOc2c[c]ccc2-c2ccccc2)CC1. The van der Waals surface area contributed by atoms with Crippen LogP contribution in [-0.2, 0) is 0 Å². The average Bonchev–Trinajstić information content (AvgIpc) is 2.58. The van der Waals surface area contributed by atoms with Crippen molar-refractivity contribution >= 4 is 0 Å². The maximum atomic E-state index is 6.08. The normalized spacial score (nSPS) is 16.6. The monoisotopic (exact) mass is 294 g/mol. The van der Waals surface area contributed by atoms with Gasteiger partial charge in [0.05, 0.1) is 6.61 Å². The second-order valence-electron chi connectivity index (χ2n) is 6.17. The van der Waals surface area contributed by atoms with Gasteiger partial charge in [0.2, 0.25) is 0 Å². The minimum atomic E-state index is 0.798. The molecule has 0 atom stereocenters. The molecule has 0 bridgehead atoms. The summed E-state index contributed by atoms with van der Waals surface area (Å²) >= 11 is 0. The zero-order valence-corrected chi connectivity index (χ0v) is 13.3. The highest BCUT2D eigenvalue weighted by molar-refractivity contribution is 5.70. The summed E-state index contributed by atoms with van der Waals surface area (Å²) in [5, 5.41) is 0. The van der Waals surface area contributed by atoms with Crippen LogP contribution in [0.4, 0.5) is 0 Å². The van der Waals surface area contributed by atoms with Gasteiger partial charge in [0, 0.05) is 5.56 Å². The van der Waals surface area contributed by atoms with Crippen molar-refractivity contribution in [2.75, 3.05) is 26.7 Å². The van der Waals surface area contributed by atoms with Crippen LogP contribution in [0.25, 0.3) is 11.1 Å². The molecule has 2 heteroatoms. The molecule has 1 fully saturated rings. The molecule has 0 spiro atoms. The number of piperidine rings is 1. The van der Waals surface area contributed by atoms with Crippen LogP contribution in [0.5, 0.6) is 5.75 Å². The van der Waals surface area contributed by atoms with Crippen LogP contribution in [0.2, 0.25) is 0 Å². The fourth-order valence-electron chi connectivity index (χ4n) is 3.08. The van der Waals surface area contributed by atoms with Gasteiger partial charge in [-0.3, -0.25) is 0 Å². The van der Waals surface area contributed by atoms with Gasteiger partial charge >= 0.3 is 0 Å². The van der Waals surface area contributed by atoms with E-state index in [-0.39, 0.29) is 0 Å². The summed E-state index contributed by atoms with van der Waals surface area (Å²) in [6.07, 6.45) is 3.75. The fraction of sp³-hybridized carbons (Fsp3) is 0.400. The van der Waals surface area contributed by atoms with Gasteiger partial charge in [-0.05, 0) is 63.0 Å². The molecule has 115 valence electrons. The van der Waals surface area contributed by atoms with E-state index in [1.54, 1.807) is 0 Å². The van der Waals surface area contributed by atoms with E-state index in [1.165, 1.54) is 31.5 Å². The number of hydrogen-bond donors (Lipinski definition) is 0. The number of ether oxygens (including phenoxy) is 1. The first-order valence-electron chi connectivity index (χ1n) is 8.20. The van der Waals surface area contributed by atoms with Crippen molar-refractivity contribution in [2.24, 2.45) is 5.92 Å². The third-order valence-electron chi connectivity index (χ3n) is 4.53. The van der Waals surface area contributed by atoms with Gasteiger partial charge in [-0.25, -0.2) is 0 Å². The van der Waals surface area contributed by atoms with Crippen LogP contribution >= 0.6 is 0 Å². The second-order valence-corrected chi connectivity index (χ2v) is 6.17. The van der Waals surface area contributed by atoms with Gasteiger partial charge in [0.25, 0.3) is 0 Å². The molecule has 0 saturated carbocycles. The van der Waals surface area contributed by atoms with E-state index in [1.807, 2.05) is 18.2 Å². The molecule has 2 aromatic rings. The Morgan fingerprint density at radius 1 is 1.14 bits per heavy atom. The predicted octanol–water partition coefficient (Wildman–Crippen LogP) is 4.26. The molecular formula is C20H24NO. The summed E-state index contributed by atoms with van der Waals surface area (Å²) in [4.78, 5) is 2.41. The summed E-state index contributed by atoms with van der Waals surface area (Å²) < 4.78 is 6.08. The number of likely N-dealkylation sites (tertiary alicyclic amines) is 1. The molecule has 2 aromatic carbocycles. The molecule has 1 radical (unpaired) electrons. The van der Waals surface area contributed by atoms with Gasteiger partial charge in [-0.15, -0.1) is 0 Å². The summed E-state index contributed by atoms with van der Waals surface area (Å²) in [5.74, 6) is 1.76. The largest absolute Gasteiger partial charge is 0.493 e. The Morgan fingerprint density at radius 3 is 2.68 bits per heavy atom. The smallest absolute Gasteiger partial charge is 0.127 e. The molecule has 1 saturated heterocycles. The topological polar surface area (TPSA) is 12.5 Å². The van der Waals surface area contributed by atoms with Crippen molar-refractivity contribution in [1.82, 2.24) is 4.90 Å². The van der Waals surface area contributed by atoms with Gasteiger partial charge in [-0.1, -0.05) is 42.5 Å².